The summed E-state index contributed by atoms with van der Waals surface area (Å²) >= 11 is 0. The highest BCUT2D eigenvalue weighted by atomic mass is 32.2. The van der Waals surface area contributed by atoms with E-state index in [1.165, 1.54) is 32.1 Å². The van der Waals surface area contributed by atoms with Crippen molar-refractivity contribution in [3.63, 3.8) is 0 Å². The molecule has 0 amide bonds. The lowest BCUT2D eigenvalue weighted by atomic mass is 9.81. The lowest BCUT2D eigenvalue weighted by molar-refractivity contribution is 0.255. The molecular formula is C13H27NOS. The molecule has 3 heteroatoms. The highest BCUT2D eigenvalue weighted by Gasteiger charge is 2.21. The van der Waals surface area contributed by atoms with Gasteiger partial charge in [0.1, 0.15) is 0 Å². The van der Waals surface area contributed by atoms with Crippen molar-refractivity contribution in [1.29, 1.82) is 0 Å². The van der Waals surface area contributed by atoms with E-state index in [9.17, 15) is 4.21 Å². The predicted octanol–water partition coefficient (Wildman–Crippen LogP) is 2.56. The van der Waals surface area contributed by atoms with Crippen LogP contribution >= 0.6 is 0 Å². The Kier molecular flexibility index (Phi) is 6.59. The minimum absolute atomic E-state index is 0.650. The van der Waals surface area contributed by atoms with Crippen molar-refractivity contribution in [3.05, 3.63) is 0 Å². The van der Waals surface area contributed by atoms with Crippen molar-refractivity contribution in [3.8, 4) is 0 Å². The van der Waals surface area contributed by atoms with Crippen molar-refractivity contribution < 1.29 is 4.21 Å². The quantitative estimate of drug-likeness (QED) is 0.779. The first-order valence-corrected chi connectivity index (χ1v) is 8.34. The van der Waals surface area contributed by atoms with Crippen LogP contribution in [-0.4, -0.2) is 28.8 Å². The van der Waals surface area contributed by atoms with Crippen LogP contribution in [0.25, 0.3) is 0 Å². The van der Waals surface area contributed by atoms with Crippen molar-refractivity contribution in [2.45, 2.75) is 52.0 Å². The molecule has 0 aliphatic heterocycles. The molecule has 3 unspecified atom stereocenters. The molecule has 0 aromatic carbocycles. The zero-order valence-corrected chi connectivity index (χ0v) is 11.8. The molecule has 1 N–H and O–H groups in total. The Labute approximate surface area is 103 Å². The Morgan fingerprint density at radius 1 is 1.38 bits per heavy atom. The summed E-state index contributed by atoms with van der Waals surface area (Å²) in [6.07, 6.45) is 8.57. The molecule has 2 nitrogen and oxygen atoms in total. The standard InChI is InChI=1S/C13H27NOS/c1-11(2)9-12-5-4-6-13(10-12)14-7-8-16(3)15/h11-14H,4-10H2,1-3H3. The molecular weight excluding hydrogens is 218 g/mol. The first-order valence-electron chi connectivity index (χ1n) is 6.61. The first kappa shape index (κ1) is 14.2. The van der Waals surface area contributed by atoms with Crippen LogP contribution in [0, 0.1) is 11.8 Å². The van der Waals surface area contributed by atoms with Gasteiger partial charge in [-0.3, -0.25) is 4.21 Å². The Morgan fingerprint density at radius 3 is 2.75 bits per heavy atom. The molecule has 1 aliphatic carbocycles. The largest absolute Gasteiger partial charge is 0.313 e. The normalized spacial score (nSPS) is 28.2. The van der Waals surface area contributed by atoms with Crippen molar-refractivity contribution in [1.82, 2.24) is 5.32 Å². The number of nitrogens with one attached hydrogen (secondary N) is 1. The summed E-state index contributed by atoms with van der Waals surface area (Å²) in [5.74, 6) is 2.54. The van der Waals surface area contributed by atoms with Crippen LogP contribution in [0.3, 0.4) is 0 Å². The predicted molar refractivity (Wildman–Crippen MR) is 72.1 cm³/mol. The topological polar surface area (TPSA) is 29.1 Å². The summed E-state index contributed by atoms with van der Waals surface area (Å²) in [6.45, 7) is 5.55. The molecule has 3 atom stereocenters. The zero-order valence-electron chi connectivity index (χ0n) is 11.0. The second-order valence-corrected chi connectivity index (χ2v) is 7.15. The molecule has 0 heterocycles. The lowest BCUT2D eigenvalue weighted by Gasteiger charge is -2.30. The Hall–Kier alpha value is 0.110. The van der Waals surface area contributed by atoms with Gasteiger partial charge in [-0.05, 0) is 31.1 Å². The summed E-state index contributed by atoms with van der Waals surface area (Å²) in [5, 5.41) is 3.56. The van der Waals surface area contributed by atoms with Gasteiger partial charge >= 0.3 is 0 Å². The highest BCUT2D eigenvalue weighted by Crippen LogP contribution is 2.29. The monoisotopic (exact) mass is 245 g/mol. The van der Waals surface area contributed by atoms with Crippen LogP contribution in [0.5, 0.6) is 0 Å². The fourth-order valence-corrected chi connectivity index (χ4v) is 3.17. The minimum Gasteiger partial charge on any atom is -0.313 e. The highest BCUT2D eigenvalue weighted by molar-refractivity contribution is 7.84. The Bertz CT molecular complexity index is 218. The summed E-state index contributed by atoms with van der Waals surface area (Å²) in [6, 6.07) is 0.682. The maximum Gasteiger partial charge on any atom is 0.0357 e. The van der Waals surface area contributed by atoms with Crippen molar-refractivity contribution in [2.75, 3.05) is 18.6 Å². The maximum atomic E-state index is 11.0. The van der Waals surface area contributed by atoms with Gasteiger partial charge < -0.3 is 5.32 Å². The van der Waals surface area contributed by atoms with Gasteiger partial charge in [0.25, 0.3) is 0 Å². The summed E-state index contributed by atoms with van der Waals surface area (Å²) in [4.78, 5) is 0. The summed E-state index contributed by atoms with van der Waals surface area (Å²) in [5.41, 5.74) is 0. The van der Waals surface area contributed by atoms with E-state index in [0.29, 0.717) is 6.04 Å². The second-order valence-electron chi connectivity index (χ2n) is 5.59. The molecule has 1 aliphatic rings. The van der Waals surface area contributed by atoms with E-state index in [1.54, 1.807) is 6.26 Å². The van der Waals surface area contributed by atoms with Crippen molar-refractivity contribution >= 4 is 10.8 Å². The molecule has 0 aromatic heterocycles. The van der Waals surface area contributed by atoms with Gasteiger partial charge in [-0.25, -0.2) is 0 Å². The van der Waals surface area contributed by atoms with Crippen LogP contribution in [0.15, 0.2) is 0 Å². The lowest BCUT2D eigenvalue weighted by Crippen LogP contribution is -2.36. The van der Waals surface area contributed by atoms with E-state index in [4.69, 9.17) is 0 Å². The van der Waals surface area contributed by atoms with Crippen LogP contribution in [0.4, 0.5) is 0 Å². The zero-order chi connectivity index (χ0) is 12.0. The van der Waals surface area contributed by atoms with Crippen LogP contribution in [-0.2, 0) is 10.8 Å². The van der Waals surface area contributed by atoms with Gasteiger partial charge in [0.15, 0.2) is 0 Å². The average molecular weight is 245 g/mol. The molecule has 16 heavy (non-hydrogen) atoms. The van der Waals surface area contributed by atoms with Crippen LogP contribution in [0.1, 0.15) is 46.0 Å². The van der Waals surface area contributed by atoms with Crippen LogP contribution in [0.2, 0.25) is 0 Å². The molecule has 96 valence electrons. The molecule has 1 fully saturated rings. The van der Waals surface area contributed by atoms with Gasteiger partial charge in [0.05, 0.1) is 0 Å². The first-order chi connectivity index (χ1) is 7.58. The van der Waals surface area contributed by atoms with Crippen molar-refractivity contribution in [2.24, 2.45) is 11.8 Å². The smallest absolute Gasteiger partial charge is 0.0357 e. The SMILES string of the molecule is CC(C)CC1CCCC(NCCS(C)=O)C1. The molecule has 0 saturated heterocycles. The average Bonchev–Trinajstić information content (AvgIpc) is 2.16. The molecule has 0 spiro atoms. The van der Waals surface area contributed by atoms with E-state index in [2.05, 4.69) is 19.2 Å². The van der Waals surface area contributed by atoms with E-state index in [1.807, 2.05) is 0 Å². The van der Waals surface area contributed by atoms with E-state index < -0.39 is 10.8 Å². The second kappa shape index (κ2) is 7.44. The van der Waals surface area contributed by atoms with Gasteiger partial charge in [-0.1, -0.05) is 26.7 Å². The molecule has 0 radical (unpaired) electrons. The Morgan fingerprint density at radius 2 is 2.12 bits per heavy atom. The third-order valence-electron chi connectivity index (χ3n) is 3.41. The summed E-state index contributed by atoms with van der Waals surface area (Å²) < 4.78 is 11.0. The Balaban J connectivity index is 2.19. The summed E-state index contributed by atoms with van der Waals surface area (Å²) in [7, 11) is -0.650. The van der Waals surface area contributed by atoms with Crippen LogP contribution < -0.4 is 5.32 Å². The van der Waals surface area contributed by atoms with Gasteiger partial charge in [0.2, 0.25) is 0 Å². The number of hydrogen-bond donors (Lipinski definition) is 1. The number of rotatable bonds is 6. The van der Waals surface area contributed by atoms with E-state index in [-0.39, 0.29) is 0 Å². The molecule has 0 bridgehead atoms. The third kappa shape index (κ3) is 6.00. The van der Waals surface area contributed by atoms with E-state index >= 15 is 0 Å². The molecule has 1 rings (SSSR count). The van der Waals surface area contributed by atoms with Gasteiger partial charge in [0, 0.05) is 35.4 Å². The number of hydrogen-bond acceptors (Lipinski definition) is 2. The third-order valence-corrected chi connectivity index (χ3v) is 4.19. The fraction of sp³-hybridized carbons (Fsp3) is 1.00. The van der Waals surface area contributed by atoms with Gasteiger partial charge in [-0.15, -0.1) is 0 Å². The molecule has 0 aromatic rings. The molecule has 1 saturated carbocycles. The minimum atomic E-state index is -0.650. The maximum absolute atomic E-state index is 11.0. The van der Waals surface area contributed by atoms with Gasteiger partial charge in [-0.2, -0.15) is 0 Å². The van der Waals surface area contributed by atoms with E-state index in [0.717, 1.165) is 24.1 Å². The fourth-order valence-electron chi connectivity index (χ4n) is 2.76.